The first-order valence-electron chi connectivity index (χ1n) is 12.0. The average molecular weight is 525 g/mol. The lowest BCUT2D eigenvalue weighted by atomic mass is 9.80. The van der Waals surface area contributed by atoms with Gasteiger partial charge in [0.05, 0.1) is 51.6 Å². The van der Waals surface area contributed by atoms with Crippen molar-refractivity contribution < 1.29 is 32.6 Å². The van der Waals surface area contributed by atoms with E-state index in [1.807, 2.05) is 0 Å². The quantitative estimate of drug-likeness (QED) is 0.442. The Hall–Kier alpha value is -4.28. The second kappa shape index (κ2) is 10.2. The van der Waals surface area contributed by atoms with Crippen LogP contribution in [0.15, 0.2) is 36.4 Å². The number of anilines is 1. The Kier molecular flexibility index (Phi) is 6.83. The summed E-state index contributed by atoms with van der Waals surface area (Å²) in [6.07, 6.45) is 0.964. The number of benzene rings is 2. The van der Waals surface area contributed by atoms with Gasteiger partial charge in [-0.25, -0.2) is 18.7 Å². The average Bonchev–Trinajstić information content (AvgIpc) is 3.20. The number of methoxy groups -OCH3 is 3. The second-order valence-corrected chi connectivity index (χ2v) is 9.19. The summed E-state index contributed by atoms with van der Waals surface area (Å²) >= 11 is 0. The molecule has 9 nitrogen and oxygen atoms in total. The van der Waals surface area contributed by atoms with Gasteiger partial charge in [-0.15, -0.1) is 0 Å². The molecule has 1 aliphatic heterocycles. The number of nitrogens with one attached hydrogen (secondary N) is 1. The fourth-order valence-corrected chi connectivity index (χ4v) is 4.79. The van der Waals surface area contributed by atoms with Crippen LogP contribution in [0.25, 0.3) is 11.4 Å². The number of carbonyl (C=O) groups is 2. The van der Waals surface area contributed by atoms with Gasteiger partial charge in [0, 0.05) is 17.7 Å². The molecule has 0 saturated heterocycles. The molecule has 1 aromatic heterocycles. The normalized spacial score (nSPS) is 18.0. The third kappa shape index (κ3) is 4.59. The van der Waals surface area contributed by atoms with Gasteiger partial charge in [0.15, 0.2) is 5.82 Å². The fraction of sp³-hybridized carbons (Fsp3) is 0.333. The molecule has 1 amide bonds. The van der Waals surface area contributed by atoms with Crippen LogP contribution in [0.2, 0.25) is 0 Å². The number of hydrogen-bond donors (Lipinski definition) is 1. The van der Waals surface area contributed by atoms with Gasteiger partial charge in [0.1, 0.15) is 34.5 Å². The van der Waals surface area contributed by atoms with Crippen LogP contribution in [-0.2, 0) is 22.6 Å². The zero-order chi connectivity index (χ0) is 27.0. The maximum atomic E-state index is 14.6. The van der Waals surface area contributed by atoms with E-state index in [-0.39, 0.29) is 59.7 Å². The van der Waals surface area contributed by atoms with Gasteiger partial charge in [0.25, 0.3) is 5.91 Å². The van der Waals surface area contributed by atoms with Gasteiger partial charge < -0.3 is 24.4 Å². The molecule has 2 heterocycles. The van der Waals surface area contributed by atoms with Crippen molar-refractivity contribution in [2.24, 2.45) is 5.92 Å². The number of halogens is 2. The van der Waals surface area contributed by atoms with E-state index in [9.17, 15) is 18.4 Å². The molecule has 2 aromatic carbocycles. The zero-order valence-electron chi connectivity index (χ0n) is 21.1. The molecule has 1 saturated carbocycles. The van der Waals surface area contributed by atoms with Crippen molar-refractivity contribution in [2.45, 2.75) is 32.0 Å². The molecule has 1 aliphatic carbocycles. The standard InChI is InChI=1S/C27H26F2N4O5/c1-36-17-8-7-14(21(11-17)37-2)12-33-13-20-23(26(33)34)25(30-16-9-15(10-16)27(35)38-3)32-24(31-20)22-18(28)5-4-6-19(22)29/h4-8,11,15-16H,9-10,12-13H2,1-3H3,(H,30,31,32)/t15-,16-. The number of ether oxygens (including phenoxy) is 3. The zero-order valence-corrected chi connectivity index (χ0v) is 21.1. The van der Waals surface area contributed by atoms with E-state index in [0.717, 1.165) is 17.7 Å². The maximum Gasteiger partial charge on any atom is 0.308 e. The van der Waals surface area contributed by atoms with Crippen molar-refractivity contribution >= 4 is 17.7 Å². The van der Waals surface area contributed by atoms with Crippen LogP contribution < -0.4 is 14.8 Å². The molecule has 0 spiro atoms. The van der Waals surface area contributed by atoms with E-state index in [1.54, 1.807) is 30.2 Å². The van der Waals surface area contributed by atoms with Gasteiger partial charge in [-0.2, -0.15) is 0 Å². The lowest BCUT2D eigenvalue weighted by molar-refractivity contribution is -0.148. The molecule has 5 rings (SSSR count). The molecule has 2 aliphatic rings. The van der Waals surface area contributed by atoms with Crippen LogP contribution in [0.1, 0.15) is 34.5 Å². The number of carbonyl (C=O) groups excluding carboxylic acids is 2. The number of amides is 1. The molecule has 0 unspecified atom stereocenters. The summed E-state index contributed by atoms with van der Waals surface area (Å²) in [5.74, 6) is -1.34. The van der Waals surface area contributed by atoms with E-state index in [4.69, 9.17) is 14.2 Å². The van der Waals surface area contributed by atoms with Crippen LogP contribution in [0.3, 0.4) is 0 Å². The largest absolute Gasteiger partial charge is 0.497 e. The van der Waals surface area contributed by atoms with Crippen LogP contribution >= 0.6 is 0 Å². The third-order valence-electron chi connectivity index (χ3n) is 6.88. The number of fused-ring (bicyclic) bond motifs is 1. The monoisotopic (exact) mass is 524 g/mol. The predicted octanol–water partition coefficient (Wildman–Crippen LogP) is 3.96. The summed E-state index contributed by atoms with van der Waals surface area (Å²) in [6, 6.07) is 8.65. The van der Waals surface area contributed by atoms with Crippen molar-refractivity contribution in [3.05, 3.63) is 64.9 Å². The van der Waals surface area contributed by atoms with Crippen molar-refractivity contribution in [3.63, 3.8) is 0 Å². The van der Waals surface area contributed by atoms with E-state index in [1.165, 1.54) is 20.3 Å². The molecule has 0 atom stereocenters. The van der Waals surface area contributed by atoms with E-state index in [0.29, 0.717) is 30.0 Å². The van der Waals surface area contributed by atoms with Crippen molar-refractivity contribution in [1.29, 1.82) is 0 Å². The van der Waals surface area contributed by atoms with E-state index >= 15 is 0 Å². The first kappa shape index (κ1) is 25.4. The summed E-state index contributed by atoms with van der Waals surface area (Å²) < 4.78 is 44.8. The maximum absolute atomic E-state index is 14.6. The minimum atomic E-state index is -0.811. The molecule has 0 radical (unpaired) electrons. The van der Waals surface area contributed by atoms with Crippen molar-refractivity contribution in [2.75, 3.05) is 26.6 Å². The number of esters is 1. The van der Waals surface area contributed by atoms with Gasteiger partial charge in [0.2, 0.25) is 0 Å². The Morgan fingerprint density at radius 2 is 1.79 bits per heavy atom. The van der Waals surface area contributed by atoms with Gasteiger partial charge >= 0.3 is 5.97 Å². The Bertz CT molecular complexity index is 1390. The van der Waals surface area contributed by atoms with E-state index < -0.39 is 11.6 Å². The minimum absolute atomic E-state index is 0.110. The van der Waals surface area contributed by atoms with Gasteiger partial charge in [-0.05, 0) is 37.1 Å². The molecule has 198 valence electrons. The SMILES string of the molecule is COc1ccc(CN2Cc3nc(-c4c(F)cccc4F)nc(N[C@H]4C[C@H](C(=O)OC)C4)c3C2=O)c(OC)c1. The Morgan fingerprint density at radius 3 is 2.45 bits per heavy atom. The highest BCUT2D eigenvalue weighted by atomic mass is 19.1. The molecule has 11 heteroatoms. The molecule has 0 bridgehead atoms. The molecule has 1 fully saturated rings. The topological polar surface area (TPSA) is 103 Å². The highest BCUT2D eigenvalue weighted by Gasteiger charge is 2.39. The predicted molar refractivity (Wildman–Crippen MR) is 133 cm³/mol. The van der Waals surface area contributed by atoms with Crippen LogP contribution in [0, 0.1) is 17.6 Å². The minimum Gasteiger partial charge on any atom is -0.497 e. The Labute approximate surface area is 217 Å². The summed E-state index contributed by atoms with van der Waals surface area (Å²) in [4.78, 5) is 35.7. The van der Waals surface area contributed by atoms with Crippen LogP contribution in [0.4, 0.5) is 14.6 Å². The lowest BCUT2D eigenvalue weighted by Gasteiger charge is -2.34. The third-order valence-corrected chi connectivity index (χ3v) is 6.88. The molecular weight excluding hydrogens is 498 g/mol. The lowest BCUT2D eigenvalue weighted by Crippen LogP contribution is -2.40. The molecule has 38 heavy (non-hydrogen) atoms. The first-order valence-corrected chi connectivity index (χ1v) is 12.0. The number of aromatic nitrogens is 2. The number of hydrogen-bond acceptors (Lipinski definition) is 8. The highest BCUT2D eigenvalue weighted by molar-refractivity contribution is 6.02. The number of rotatable bonds is 8. The fourth-order valence-electron chi connectivity index (χ4n) is 4.79. The summed E-state index contributed by atoms with van der Waals surface area (Å²) in [5, 5.41) is 3.20. The first-order chi connectivity index (χ1) is 18.3. The van der Waals surface area contributed by atoms with Gasteiger partial charge in [-0.1, -0.05) is 6.07 Å². The second-order valence-electron chi connectivity index (χ2n) is 9.19. The van der Waals surface area contributed by atoms with Crippen LogP contribution in [0.5, 0.6) is 11.5 Å². The summed E-state index contributed by atoms with van der Waals surface area (Å²) in [7, 11) is 4.41. The summed E-state index contributed by atoms with van der Waals surface area (Å²) in [6.45, 7) is 0.318. The highest BCUT2D eigenvalue weighted by Crippen LogP contribution is 2.37. The Morgan fingerprint density at radius 1 is 1.05 bits per heavy atom. The van der Waals surface area contributed by atoms with Crippen molar-refractivity contribution in [1.82, 2.24) is 14.9 Å². The smallest absolute Gasteiger partial charge is 0.308 e. The molecule has 3 aromatic rings. The van der Waals surface area contributed by atoms with Crippen molar-refractivity contribution in [3.8, 4) is 22.9 Å². The number of nitrogens with zero attached hydrogens (tertiary/aromatic N) is 3. The van der Waals surface area contributed by atoms with E-state index in [2.05, 4.69) is 15.3 Å². The molecule has 1 N–H and O–H groups in total. The molecular formula is C27H26F2N4O5. The van der Waals surface area contributed by atoms with Crippen LogP contribution in [-0.4, -0.2) is 54.1 Å². The Balaban J connectivity index is 1.49. The van der Waals surface area contributed by atoms with Gasteiger partial charge in [-0.3, -0.25) is 9.59 Å². The summed E-state index contributed by atoms with van der Waals surface area (Å²) in [5.41, 5.74) is 0.959.